The minimum Gasteiger partial charge on any atom is -0.492 e. The molecular weight excluding hydrogens is 465 g/mol. The third-order valence-electron chi connectivity index (χ3n) is 5.27. The molecule has 4 rings (SSSR count). The van der Waals surface area contributed by atoms with Gasteiger partial charge in [-0.1, -0.05) is 77.3 Å². The van der Waals surface area contributed by atoms with E-state index in [1.54, 1.807) is 12.4 Å². The van der Waals surface area contributed by atoms with Gasteiger partial charge >= 0.3 is 0 Å². The molecule has 1 unspecified atom stereocenters. The van der Waals surface area contributed by atoms with Crippen LogP contribution in [0.1, 0.15) is 24.3 Å². The first kappa shape index (κ1) is 22.7. The van der Waals surface area contributed by atoms with Gasteiger partial charge < -0.3 is 4.74 Å². The van der Waals surface area contributed by atoms with Gasteiger partial charge in [-0.25, -0.2) is 4.98 Å². The Bertz CT molecular complexity index is 1150. The van der Waals surface area contributed by atoms with Crippen molar-refractivity contribution < 1.29 is 4.74 Å². The average Bonchev–Trinajstić information content (AvgIpc) is 3.31. The molecule has 0 radical (unpaired) electrons. The average molecular weight is 487 g/mol. The summed E-state index contributed by atoms with van der Waals surface area (Å²) in [5.74, 6) is 0.838. The number of benzene rings is 3. The Balaban J connectivity index is 1.38. The van der Waals surface area contributed by atoms with Gasteiger partial charge in [-0.15, -0.1) is 0 Å². The van der Waals surface area contributed by atoms with E-state index in [9.17, 15) is 0 Å². The summed E-state index contributed by atoms with van der Waals surface area (Å²) in [6.07, 6.45) is 4.93. The summed E-state index contributed by atoms with van der Waals surface area (Å²) in [4.78, 5) is 4.04. The van der Waals surface area contributed by atoms with E-state index in [4.69, 9.17) is 39.5 Å². The van der Waals surface area contributed by atoms with E-state index in [1.807, 2.05) is 53.2 Å². The van der Waals surface area contributed by atoms with Gasteiger partial charge in [-0.05, 0) is 53.8 Å². The molecule has 0 aliphatic heterocycles. The van der Waals surface area contributed by atoms with Crippen molar-refractivity contribution in [2.24, 2.45) is 0 Å². The zero-order valence-electron chi connectivity index (χ0n) is 17.3. The van der Waals surface area contributed by atoms with Crippen LogP contribution in [0.15, 0.2) is 79.4 Å². The fourth-order valence-electron chi connectivity index (χ4n) is 3.67. The van der Waals surface area contributed by atoms with Crippen molar-refractivity contribution in [3.63, 3.8) is 0 Å². The van der Waals surface area contributed by atoms with Gasteiger partial charge in [0.2, 0.25) is 0 Å². The van der Waals surface area contributed by atoms with Crippen LogP contribution in [0.5, 0.6) is 5.75 Å². The lowest BCUT2D eigenvalue weighted by Gasteiger charge is -2.19. The highest BCUT2D eigenvalue weighted by Crippen LogP contribution is 2.33. The molecule has 0 N–H and O–H groups in total. The third-order valence-corrected chi connectivity index (χ3v) is 6.13. The molecule has 4 aromatic rings. The second-order valence-corrected chi connectivity index (χ2v) is 8.73. The molecule has 0 saturated heterocycles. The Morgan fingerprint density at radius 1 is 0.875 bits per heavy atom. The molecule has 0 bridgehead atoms. The summed E-state index contributed by atoms with van der Waals surface area (Å²) in [5, 5.41) is 6.12. The Hall–Kier alpha value is -2.53. The monoisotopic (exact) mass is 485 g/mol. The number of ether oxygens (including phenoxy) is 1. The van der Waals surface area contributed by atoms with E-state index in [1.165, 1.54) is 6.33 Å². The predicted octanol–water partition coefficient (Wildman–Crippen LogP) is 7.55. The summed E-state index contributed by atoms with van der Waals surface area (Å²) >= 11 is 19.0. The van der Waals surface area contributed by atoms with Crippen LogP contribution in [0.25, 0.3) is 11.1 Å². The van der Waals surface area contributed by atoms with Crippen molar-refractivity contribution >= 4 is 34.8 Å². The third kappa shape index (κ3) is 5.83. The van der Waals surface area contributed by atoms with Crippen LogP contribution in [0, 0.1) is 0 Å². The van der Waals surface area contributed by atoms with Crippen molar-refractivity contribution in [2.75, 3.05) is 6.61 Å². The van der Waals surface area contributed by atoms with Crippen molar-refractivity contribution in [1.29, 1.82) is 0 Å². The van der Waals surface area contributed by atoms with E-state index in [0.717, 1.165) is 29.5 Å². The van der Waals surface area contributed by atoms with Crippen LogP contribution in [-0.2, 0) is 6.54 Å². The molecule has 4 nitrogen and oxygen atoms in total. The lowest BCUT2D eigenvalue weighted by molar-refractivity contribution is 0.297. The molecule has 1 aromatic heterocycles. The topological polar surface area (TPSA) is 39.9 Å². The number of aromatic nitrogens is 3. The minimum absolute atomic E-state index is 0.154. The number of hydrogen-bond acceptors (Lipinski definition) is 3. The zero-order valence-corrected chi connectivity index (χ0v) is 19.6. The molecule has 0 spiro atoms. The molecule has 1 heterocycles. The molecular formula is C25H22Cl3N3O. The quantitative estimate of drug-likeness (QED) is 0.229. The summed E-state index contributed by atoms with van der Waals surface area (Å²) in [5.41, 5.74) is 3.22. The Morgan fingerprint density at radius 3 is 2.44 bits per heavy atom. The number of rotatable bonds is 9. The SMILES string of the molecule is Clc1ccc(C(CCCOc2ccc(-c3ccccc3)cc2Cl)Cn2cncn2)c(Cl)c1. The number of nitrogens with zero attached hydrogens (tertiary/aromatic N) is 3. The zero-order chi connectivity index (χ0) is 22.3. The molecule has 32 heavy (non-hydrogen) atoms. The van der Waals surface area contributed by atoms with E-state index in [2.05, 4.69) is 22.2 Å². The van der Waals surface area contributed by atoms with Gasteiger partial charge in [0.15, 0.2) is 0 Å². The van der Waals surface area contributed by atoms with Crippen molar-refractivity contribution in [3.05, 3.63) is 100 Å². The smallest absolute Gasteiger partial charge is 0.137 e. The highest BCUT2D eigenvalue weighted by molar-refractivity contribution is 6.35. The van der Waals surface area contributed by atoms with Crippen molar-refractivity contribution in [2.45, 2.75) is 25.3 Å². The first-order valence-electron chi connectivity index (χ1n) is 10.4. The molecule has 3 aromatic carbocycles. The first-order chi connectivity index (χ1) is 15.6. The van der Waals surface area contributed by atoms with Crippen LogP contribution < -0.4 is 4.74 Å². The lowest BCUT2D eigenvalue weighted by Crippen LogP contribution is -2.12. The van der Waals surface area contributed by atoms with Gasteiger partial charge in [-0.3, -0.25) is 4.68 Å². The number of hydrogen-bond donors (Lipinski definition) is 0. The summed E-state index contributed by atoms with van der Waals surface area (Å²) in [6.45, 7) is 1.22. The maximum atomic E-state index is 6.48. The van der Waals surface area contributed by atoms with Gasteiger partial charge in [0.05, 0.1) is 11.6 Å². The highest BCUT2D eigenvalue weighted by atomic mass is 35.5. The number of halogens is 3. The van der Waals surface area contributed by atoms with Crippen LogP contribution in [-0.4, -0.2) is 21.4 Å². The van der Waals surface area contributed by atoms with E-state index in [0.29, 0.717) is 34.0 Å². The summed E-state index contributed by atoms with van der Waals surface area (Å²) in [6, 6.07) is 21.6. The molecule has 1 atom stereocenters. The van der Waals surface area contributed by atoms with Crippen LogP contribution in [0.2, 0.25) is 15.1 Å². The second kappa shape index (κ2) is 10.9. The van der Waals surface area contributed by atoms with Crippen molar-refractivity contribution in [1.82, 2.24) is 14.8 Å². The molecule has 0 saturated carbocycles. The lowest BCUT2D eigenvalue weighted by atomic mass is 9.94. The molecule has 0 fully saturated rings. The maximum absolute atomic E-state index is 6.48. The van der Waals surface area contributed by atoms with Gasteiger partial charge in [0.25, 0.3) is 0 Å². The van der Waals surface area contributed by atoms with Crippen LogP contribution in [0.3, 0.4) is 0 Å². The first-order valence-corrected chi connectivity index (χ1v) is 11.5. The molecule has 0 aliphatic carbocycles. The standard InChI is InChI=1S/C25H22Cl3N3O/c26-21-9-10-22(23(27)14-21)20(15-31-17-29-16-30-31)7-4-12-32-25-11-8-19(13-24(25)28)18-5-2-1-3-6-18/h1-3,5-6,8-11,13-14,16-17,20H,4,7,12,15H2. The van der Waals surface area contributed by atoms with Crippen LogP contribution >= 0.6 is 34.8 Å². The van der Waals surface area contributed by atoms with Gasteiger partial charge in [0.1, 0.15) is 18.4 Å². The molecule has 0 amide bonds. The summed E-state index contributed by atoms with van der Waals surface area (Å²) in [7, 11) is 0. The fraction of sp³-hybridized carbons (Fsp3) is 0.200. The molecule has 0 aliphatic rings. The van der Waals surface area contributed by atoms with Gasteiger partial charge in [0, 0.05) is 22.5 Å². The fourth-order valence-corrected chi connectivity index (χ4v) is 4.47. The van der Waals surface area contributed by atoms with E-state index < -0.39 is 0 Å². The highest BCUT2D eigenvalue weighted by Gasteiger charge is 2.17. The molecule has 164 valence electrons. The van der Waals surface area contributed by atoms with Gasteiger partial charge in [-0.2, -0.15) is 5.10 Å². The second-order valence-electron chi connectivity index (χ2n) is 7.48. The Labute approximate surface area is 202 Å². The maximum Gasteiger partial charge on any atom is 0.137 e. The minimum atomic E-state index is 0.154. The Morgan fingerprint density at radius 2 is 1.72 bits per heavy atom. The van der Waals surface area contributed by atoms with E-state index >= 15 is 0 Å². The summed E-state index contributed by atoms with van der Waals surface area (Å²) < 4.78 is 7.79. The molecule has 7 heteroatoms. The van der Waals surface area contributed by atoms with Crippen molar-refractivity contribution in [3.8, 4) is 16.9 Å². The van der Waals surface area contributed by atoms with E-state index in [-0.39, 0.29) is 5.92 Å². The largest absolute Gasteiger partial charge is 0.492 e. The van der Waals surface area contributed by atoms with Crippen LogP contribution in [0.4, 0.5) is 0 Å². The predicted molar refractivity (Wildman–Crippen MR) is 131 cm³/mol. The Kier molecular flexibility index (Phi) is 7.69. The normalized spacial score (nSPS) is 12.0.